The fourth-order valence-electron chi connectivity index (χ4n) is 2.08. The molecule has 108 valence electrons. The van der Waals surface area contributed by atoms with E-state index in [9.17, 15) is 9.59 Å². The summed E-state index contributed by atoms with van der Waals surface area (Å²) in [6.07, 6.45) is 0.0440. The molecule has 1 rings (SSSR count). The Bertz CT molecular complexity index is 398. The van der Waals surface area contributed by atoms with Crippen LogP contribution in [0, 0.1) is 5.92 Å². The Kier molecular flexibility index (Phi) is 4.55. The van der Waals surface area contributed by atoms with E-state index in [-0.39, 0.29) is 18.2 Å². The van der Waals surface area contributed by atoms with E-state index in [1.807, 2.05) is 13.8 Å². The van der Waals surface area contributed by atoms with Gasteiger partial charge < -0.3 is 9.94 Å². The normalized spacial score (nSPS) is 23.8. The molecule has 0 bridgehead atoms. The second-order valence-electron chi connectivity index (χ2n) is 5.84. The van der Waals surface area contributed by atoms with Crippen LogP contribution in [0.25, 0.3) is 0 Å². The van der Waals surface area contributed by atoms with E-state index in [2.05, 4.69) is 5.16 Å². The monoisotopic (exact) mass is 270 g/mol. The zero-order valence-electron chi connectivity index (χ0n) is 12.1. The van der Waals surface area contributed by atoms with E-state index >= 15 is 0 Å². The molecule has 1 saturated heterocycles. The summed E-state index contributed by atoms with van der Waals surface area (Å²) < 4.78 is 5.24. The van der Waals surface area contributed by atoms with Crippen LogP contribution in [-0.2, 0) is 9.53 Å². The first kappa shape index (κ1) is 15.5. The van der Waals surface area contributed by atoms with Crippen LogP contribution in [0.1, 0.15) is 47.5 Å². The lowest BCUT2D eigenvalue weighted by atomic mass is 9.96. The van der Waals surface area contributed by atoms with E-state index in [4.69, 9.17) is 9.94 Å². The summed E-state index contributed by atoms with van der Waals surface area (Å²) >= 11 is 0. The number of hydrogen-bond acceptors (Lipinski definition) is 5. The smallest absolute Gasteiger partial charge is 0.417 e. The first-order chi connectivity index (χ1) is 8.71. The molecule has 2 amide bonds. The number of likely N-dealkylation sites (tertiary alicyclic amines) is 1. The van der Waals surface area contributed by atoms with Gasteiger partial charge in [0.15, 0.2) is 0 Å². The molecular weight excluding hydrogens is 248 g/mol. The van der Waals surface area contributed by atoms with Crippen molar-refractivity contribution < 1.29 is 19.5 Å². The van der Waals surface area contributed by atoms with Crippen molar-refractivity contribution in [1.82, 2.24) is 4.90 Å². The standard InChI is InChI=1S/C13H22N2O4/c1-6-8(2)11-9(14-18)7-10(16)15(11)12(17)19-13(3,4)5/h8,11,18H,6-7H2,1-5H3/b14-9-/t8?,11-/m0/s1. The van der Waals surface area contributed by atoms with Gasteiger partial charge in [0.25, 0.3) is 0 Å². The van der Waals surface area contributed by atoms with Gasteiger partial charge in [-0.1, -0.05) is 25.4 Å². The first-order valence-corrected chi connectivity index (χ1v) is 6.47. The number of carbonyl (C=O) groups is 2. The molecule has 1 N–H and O–H groups in total. The average Bonchev–Trinajstić information content (AvgIpc) is 2.62. The predicted molar refractivity (Wildman–Crippen MR) is 70.2 cm³/mol. The van der Waals surface area contributed by atoms with Crippen molar-refractivity contribution in [3.8, 4) is 0 Å². The minimum atomic E-state index is -0.679. The molecule has 6 heteroatoms. The van der Waals surface area contributed by atoms with E-state index in [0.717, 1.165) is 11.3 Å². The van der Waals surface area contributed by atoms with E-state index in [1.54, 1.807) is 20.8 Å². The van der Waals surface area contributed by atoms with E-state index < -0.39 is 17.7 Å². The number of hydrogen-bond donors (Lipinski definition) is 1. The van der Waals surface area contributed by atoms with Gasteiger partial charge in [-0.05, 0) is 26.7 Å². The lowest BCUT2D eigenvalue weighted by Gasteiger charge is -2.29. The minimum Gasteiger partial charge on any atom is -0.443 e. The Labute approximate surface area is 113 Å². The predicted octanol–water partition coefficient (Wildman–Crippen LogP) is 2.40. The van der Waals surface area contributed by atoms with Gasteiger partial charge in [0.1, 0.15) is 5.60 Å². The molecule has 1 fully saturated rings. The van der Waals surface area contributed by atoms with Gasteiger partial charge in [-0.15, -0.1) is 0 Å². The van der Waals surface area contributed by atoms with Crippen molar-refractivity contribution >= 4 is 17.7 Å². The van der Waals surface area contributed by atoms with Crippen LogP contribution in [0.2, 0.25) is 0 Å². The molecule has 0 aromatic rings. The maximum Gasteiger partial charge on any atom is 0.417 e. The molecule has 1 aliphatic rings. The quantitative estimate of drug-likeness (QED) is 0.617. The summed E-state index contributed by atoms with van der Waals surface area (Å²) in [6.45, 7) is 9.09. The minimum absolute atomic E-state index is 0.0184. The van der Waals surface area contributed by atoms with Crippen molar-refractivity contribution in [1.29, 1.82) is 0 Å². The molecule has 0 spiro atoms. The summed E-state index contributed by atoms with van der Waals surface area (Å²) in [5, 5.41) is 12.2. The summed E-state index contributed by atoms with van der Waals surface area (Å²) in [4.78, 5) is 25.1. The van der Waals surface area contributed by atoms with Gasteiger partial charge >= 0.3 is 6.09 Å². The van der Waals surface area contributed by atoms with Crippen LogP contribution in [-0.4, -0.2) is 39.5 Å². The molecule has 1 unspecified atom stereocenters. The highest BCUT2D eigenvalue weighted by Gasteiger charge is 2.45. The van der Waals surface area contributed by atoms with Crippen LogP contribution in [0.5, 0.6) is 0 Å². The Balaban J connectivity index is 3.02. The molecule has 0 aliphatic carbocycles. The highest BCUT2D eigenvalue weighted by atomic mass is 16.6. The third kappa shape index (κ3) is 3.45. The molecule has 2 atom stereocenters. The molecular formula is C13H22N2O4. The highest BCUT2D eigenvalue weighted by molar-refractivity contribution is 6.15. The van der Waals surface area contributed by atoms with Crippen molar-refractivity contribution in [3.05, 3.63) is 0 Å². The number of imide groups is 1. The fraction of sp³-hybridized carbons (Fsp3) is 0.769. The van der Waals surface area contributed by atoms with Crippen LogP contribution < -0.4 is 0 Å². The third-order valence-electron chi connectivity index (χ3n) is 3.12. The Hall–Kier alpha value is -1.59. The molecule has 1 heterocycles. The van der Waals surface area contributed by atoms with Crippen molar-refractivity contribution in [2.75, 3.05) is 0 Å². The van der Waals surface area contributed by atoms with Gasteiger partial charge in [-0.3, -0.25) is 4.79 Å². The Morgan fingerprint density at radius 1 is 1.58 bits per heavy atom. The maximum atomic E-state index is 12.1. The van der Waals surface area contributed by atoms with Crippen molar-refractivity contribution in [2.24, 2.45) is 11.1 Å². The van der Waals surface area contributed by atoms with Crippen LogP contribution >= 0.6 is 0 Å². The summed E-state index contributed by atoms with van der Waals surface area (Å²) in [6, 6.07) is -0.516. The second-order valence-corrected chi connectivity index (χ2v) is 5.84. The lowest BCUT2D eigenvalue weighted by molar-refractivity contribution is -0.128. The van der Waals surface area contributed by atoms with Crippen molar-refractivity contribution in [2.45, 2.75) is 59.1 Å². The Morgan fingerprint density at radius 3 is 2.58 bits per heavy atom. The zero-order valence-corrected chi connectivity index (χ0v) is 12.1. The zero-order chi connectivity index (χ0) is 14.8. The molecule has 0 aromatic heterocycles. The van der Waals surface area contributed by atoms with Crippen LogP contribution in [0.4, 0.5) is 4.79 Å². The maximum absolute atomic E-state index is 12.1. The number of oxime groups is 1. The summed E-state index contributed by atoms with van der Waals surface area (Å²) in [5.41, 5.74) is -0.346. The van der Waals surface area contributed by atoms with E-state index in [1.165, 1.54) is 0 Å². The summed E-state index contributed by atoms with van der Waals surface area (Å²) in [5.74, 6) is -0.364. The molecule has 0 saturated carbocycles. The number of nitrogens with zero attached hydrogens (tertiary/aromatic N) is 2. The topological polar surface area (TPSA) is 79.2 Å². The van der Waals surface area contributed by atoms with Crippen LogP contribution in [0.15, 0.2) is 5.16 Å². The molecule has 6 nitrogen and oxygen atoms in total. The fourth-order valence-corrected chi connectivity index (χ4v) is 2.08. The van der Waals surface area contributed by atoms with Crippen molar-refractivity contribution in [3.63, 3.8) is 0 Å². The number of ether oxygens (including phenoxy) is 1. The first-order valence-electron chi connectivity index (χ1n) is 6.47. The average molecular weight is 270 g/mol. The summed E-state index contributed by atoms with van der Waals surface area (Å²) in [7, 11) is 0. The van der Waals surface area contributed by atoms with Gasteiger partial charge in [0.05, 0.1) is 18.2 Å². The van der Waals surface area contributed by atoms with Gasteiger partial charge in [0, 0.05) is 0 Å². The Morgan fingerprint density at radius 2 is 2.16 bits per heavy atom. The second kappa shape index (κ2) is 5.59. The number of amides is 2. The lowest BCUT2D eigenvalue weighted by Crippen LogP contribution is -2.46. The molecule has 19 heavy (non-hydrogen) atoms. The van der Waals surface area contributed by atoms with Crippen LogP contribution in [0.3, 0.4) is 0 Å². The highest BCUT2D eigenvalue weighted by Crippen LogP contribution is 2.27. The molecule has 1 aliphatic heterocycles. The largest absolute Gasteiger partial charge is 0.443 e. The molecule has 0 aromatic carbocycles. The molecule has 0 radical (unpaired) electrons. The number of rotatable bonds is 2. The van der Waals surface area contributed by atoms with E-state index in [0.29, 0.717) is 5.71 Å². The van der Waals surface area contributed by atoms with Gasteiger partial charge in [0.2, 0.25) is 5.91 Å². The number of carbonyl (C=O) groups excluding carboxylic acids is 2. The van der Waals surface area contributed by atoms with Gasteiger partial charge in [-0.25, -0.2) is 9.69 Å². The van der Waals surface area contributed by atoms with Gasteiger partial charge in [-0.2, -0.15) is 0 Å². The third-order valence-corrected chi connectivity index (χ3v) is 3.12. The SMILES string of the molecule is CCC(C)[C@H]1/C(=N\O)CC(=O)N1C(=O)OC(C)(C)C.